The summed E-state index contributed by atoms with van der Waals surface area (Å²) in [6.45, 7) is 6.49. The Balaban J connectivity index is 1.85. The minimum absolute atomic E-state index is 0.00473. The Morgan fingerprint density at radius 1 is 1.32 bits per heavy atom. The third kappa shape index (κ3) is 3.58. The second-order valence-electron chi connectivity index (χ2n) is 8.60. The number of anilines is 1. The van der Waals surface area contributed by atoms with E-state index in [-0.39, 0.29) is 35.0 Å². The molecule has 4 rings (SSSR count). The molecular weight excluding hydrogens is 403 g/mol. The molecule has 0 bridgehead atoms. The smallest absolute Gasteiger partial charge is 0.341 e. The maximum Gasteiger partial charge on any atom is 0.341 e. The summed E-state index contributed by atoms with van der Waals surface area (Å²) in [4.78, 5) is 37.8. The Morgan fingerprint density at radius 2 is 2.06 bits per heavy atom. The quantitative estimate of drug-likeness (QED) is 0.747. The number of rotatable bonds is 4. The maximum atomic E-state index is 15.4. The summed E-state index contributed by atoms with van der Waals surface area (Å²) >= 11 is 0. The molecule has 0 saturated carbocycles. The van der Waals surface area contributed by atoms with Crippen LogP contribution in [-0.4, -0.2) is 40.8 Å². The van der Waals surface area contributed by atoms with Gasteiger partial charge in [0, 0.05) is 55.5 Å². The molecule has 1 fully saturated rings. The second kappa shape index (κ2) is 7.98. The lowest BCUT2D eigenvalue weighted by molar-refractivity contribution is -0.150. The van der Waals surface area contributed by atoms with Crippen LogP contribution in [0.4, 0.5) is 10.1 Å². The van der Waals surface area contributed by atoms with Gasteiger partial charge >= 0.3 is 11.9 Å². The number of piperidine rings is 1. The van der Waals surface area contributed by atoms with Crippen molar-refractivity contribution in [2.24, 2.45) is 5.92 Å². The SMILES string of the molecule is CCC1CN(c2c(F)cc3c(=O)c(C(=O)O)cn4c3c2CC[C@@H]4C)CCC1OC(C)=O. The fourth-order valence-electron chi connectivity index (χ4n) is 5.10. The minimum atomic E-state index is -1.31. The molecule has 31 heavy (non-hydrogen) atoms. The van der Waals surface area contributed by atoms with E-state index in [9.17, 15) is 19.5 Å². The van der Waals surface area contributed by atoms with E-state index in [0.29, 0.717) is 37.1 Å². The van der Waals surface area contributed by atoms with Crippen LogP contribution in [0.25, 0.3) is 10.9 Å². The molecule has 2 aliphatic heterocycles. The van der Waals surface area contributed by atoms with Crippen molar-refractivity contribution in [3.8, 4) is 0 Å². The minimum Gasteiger partial charge on any atom is -0.477 e. The molecule has 2 aliphatic rings. The summed E-state index contributed by atoms with van der Waals surface area (Å²) in [5, 5.41) is 9.55. The first-order valence-electron chi connectivity index (χ1n) is 10.8. The molecule has 8 heteroatoms. The van der Waals surface area contributed by atoms with Crippen LogP contribution in [0, 0.1) is 11.7 Å². The van der Waals surface area contributed by atoms with E-state index in [0.717, 1.165) is 18.4 Å². The monoisotopic (exact) mass is 430 g/mol. The highest BCUT2D eigenvalue weighted by atomic mass is 19.1. The van der Waals surface area contributed by atoms with Gasteiger partial charge in [0.15, 0.2) is 0 Å². The number of nitrogens with zero attached hydrogens (tertiary/aromatic N) is 2. The van der Waals surface area contributed by atoms with Gasteiger partial charge in [-0.25, -0.2) is 9.18 Å². The highest BCUT2D eigenvalue weighted by molar-refractivity contribution is 5.95. The van der Waals surface area contributed by atoms with Crippen molar-refractivity contribution in [3.05, 3.63) is 39.4 Å². The fraction of sp³-hybridized carbons (Fsp3) is 0.522. The number of hydrogen-bond acceptors (Lipinski definition) is 5. The average Bonchev–Trinajstić information content (AvgIpc) is 2.71. The summed E-state index contributed by atoms with van der Waals surface area (Å²) in [7, 11) is 0. The Morgan fingerprint density at radius 3 is 2.71 bits per heavy atom. The predicted octanol–water partition coefficient (Wildman–Crippen LogP) is 3.51. The van der Waals surface area contributed by atoms with Crippen LogP contribution in [0.5, 0.6) is 0 Å². The normalized spacial score (nSPS) is 23.1. The molecule has 1 saturated heterocycles. The molecule has 0 radical (unpaired) electrons. The summed E-state index contributed by atoms with van der Waals surface area (Å²) in [5.41, 5.74) is 0.866. The van der Waals surface area contributed by atoms with Crippen LogP contribution < -0.4 is 10.3 Å². The van der Waals surface area contributed by atoms with Crippen molar-refractivity contribution in [2.45, 2.75) is 58.6 Å². The number of aryl methyl sites for hydroxylation is 1. The van der Waals surface area contributed by atoms with Crippen molar-refractivity contribution < 1.29 is 23.8 Å². The molecule has 166 valence electrons. The van der Waals surface area contributed by atoms with Gasteiger partial charge in [-0.15, -0.1) is 0 Å². The first-order valence-corrected chi connectivity index (χ1v) is 10.8. The van der Waals surface area contributed by atoms with Crippen molar-refractivity contribution in [2.75, 3.05) is 18.0 Å². The van der Waals surface area contributed by atoms with E-state index in [1.807, 2.05) is 23.3 Å². The summed E-state index contributed by atoms with van der Waals surface area (Å²) in [6, 6.07) is 1.20. The van der Waals surface area contributed by atoms with E-state index < -0.39 is 17.2 Å². The molecule has 1 aromatic carbocycles. The number of halogens is 1. The van der Waals surface area contributed by atoms with Crippen molar-refractivity contribution in [1.82, 2.24) is 4.57 Å². The van der Waals surface area contributed by atoms with Crippen LogP contribution in [0.1, 0.15) is 62.0 Å². The topological polar surface area (TPSA) is 88.8 Å². The number of carbonyl (C=O) groups is 2. The van der Waals surface area contributed by atoms with Gasteiger partial charge in [-0.2, -0.15) is 0 Å². The molecule has 2 aromatic rings. The van der Waals surface area contributed by atoms with E-state index in [1.54, 1.807) is 0 Å². The van der Waals surface area contributed by atoms with Gasteiger partial charge < -0.3 is 19.3 Å². The summed E-state index contributed by atoms with van der Waals surface area (Å²) < 4.78 is 22.7. The number of ether oxygens (including phenoxy) is 1. The van der Waals surface area contributed by atoms with Crippen LogP contribution in [0.2, 0.25) is 0 Å². The lowest BCUT2D eigenvalue weighted by Crippen LogP contribution is -2.45. The molecular formula is C23H27FN2O5. The fourth-order valence-corrected chi connectivity index (χ4v) is 5.10. The second-order valence-corrected chi connectivity index (χ2v) is 8.60. The summed E-state index contributed by atoms with van der Waals surface area (Å²) in [6.07, 6.45) is 3.94. The largest absolute Gasteiger partial charge is 0.477 e. The number of aromatic nitrogens is 1. The molecule has 0 amide bonds. The van der Waals surface area contributed by atoms with E-state index in [4.69, 9.17) is 4.74 Å². The lowest BCUT2D eigenvalue weighted by Gasteiger charge is -2.40. The van der Waals surface area contributed by atoms with Gasteiger partial charge in [0.1, 0.15) is 17.5 Å². The highest BCUT2D eigenvalue weighted by Gasteiger charge is 2.34. The zero-order valence-corrected chi connectivity index (χ0v) is 18.0. The Hall–Kier alpha value is -2.90. The van der Waals surface area contributed by atoms with Crippen molar-refractivity contribution >= 4 is 28.5 Å². The highest BCUT2D eigenvalue weighted by Crippen LogP contribution is 2.39. The van der Waals surface area contributed by atoms with Crippen LogP contribution in [0.3, 0.4) is 0 Å². The Labute approximate surface area is 179 Å². The third-order valence-electron chi connectivity index (χ3n) is 6.68. The van der Waals surface area contributed by atoms with E-state index in [1.165, 1.54) is 19.2 Å². The standard InChI is InChI=1S/C23H27FN2O5/c1-4-14-10-25(8-7-19(14)31-13(3)27)21-15-6-5-12(2)26-11-17(23(29)30)22(28)16(20(15)26)9-18(21)24/h9,11-12,14,19H,4-8,10H2,1-3H3,(H,29,30)/t12-,14?,19?/m0/s1. The Kier molecular flexibility index (Phi) is 5.49. The molecule has 3 heterocycles. The molecule has 3 atom stereocenters. The summed E-state index contributed by atoms with van der Waals surface area (Å²) in [5.74, 6) is -2.04. The molecule has 2 unspecified atom stereocenters. The number of carboxylic acid groups (broad SMARTS) is 1. The van der Waals surface area contributed by atoms with Gasteiger partial charge in [0.05, 0.1) is 11.2 Å². The van der Waals surface area contributed by atoms with E-state index in [2.05, 4.69) is 0 Å². The van der Waals surface area contributed by atoms with Gasteiger partial charge in [-0.05, 0) is 32.3 Å². The number of carbonyl (C=O) groups excluding carboxylic acids is 1. The third-order valence-corrected chi connectivity index (χ3v) is 6.68. The van der Waals surface area contributed by atoms with Gasteiger partial charge in [0.2, 0.25) is 5.43 Å². The zero-order valence-electron chi connectivity index (χ0n) is 18.0. The zero-order chi connectivity index (χ0) is 22.4. The molecule has 0 aliphatic carbocycles. The predicted molar refractivity (Wildman–Crippen MR) is 114 cm³/mol. The van der Waals surface area contributed by atoms with Crippen LogP contribution in [-0.2, 0) is 16.0 Å². The average molecular weight is 430 g/mol. The Bertz CT molecular complexity index is 1130. The van der Waals surface area contributed by atoms with Crippen molar-refractivity contribution in [1.29, 1.82) is 0 Å². The van der Waals surface area contributed by atoms with Gasteiger partial charge in [-0.1, -0.05) is 6.92 Å². The number of aromatic carboxylic acids is 1. The first kappa shape index (κ1) is 21.3. The molecule has 1 aromatic heterocycles. The van der Waals surface area contributed by atoms with Gasteiger partial charge in [-0.3, -0.25) is 9.59 Å². The number of hydrogen-bond donors (Lipinski definition) is 1. The molecule has 7 nitrogen and oxygen atoms in total. The van der Waals surface area contributed by atoms with Gasteiger partial charge in [0.25, 0.3) is 0 Å². The number of benzene rings is 1. The molecule has 0 spiro atoms. The van der Waals surface area contributed by atoms with Crippen LogP contribution >= 0.6 is 0 Å². The maximum absolute atomic E-state index is 15.4. The first-order chi connectivity index (χ1) is 14.7. The molecule has 1 N–H and O–H groups in total. The van der Waals surface area contributed by atoms with E-state index >= 15 is 4.39 Å². The van der Waals surface area contributed by atoms with Crippen LogP contribution in [0.15, 0.2) is 17.1 Å². The number of esters is 1. The lowest BCUT2D eigenvalue weighted by atomic mass is 9.89. The number of pyridine rings is 1. The van der Waals surface area contributed by atoms with Crippen molar-refractivity contribution in [3.63, 3.8) is 0 Å². The number of carboxylic acids is 1.